The monoisotopic (exact) mass is 377 g/mol. The summed E-state index contributed by atoms with van der Waals surface area (Å²) in [6.45, 7) is 2.88. The van der Waals surface area contributed by atoms with Gasteiger partial charge < -0.3 is 15.6 Å². The maximum absolute atomic E-state index is 12.4. The molecule has 0 bridgehead atoms. The van der Waals surface area contributed by atoms with Crippen molar-refractivity contribution in [3.8, 4) is 0 Å². The molecule has 3 rings (SSSR count). The lowest BCUT2D eigenvalue weighted by atomic mass is 9.92. The molecule has 1 unspecified atom stereocenters. The van der Waals surface area contributed by atoms with E-state index in [1.807, 2.05) is 28.8 Å². The Morgan fingerprint density at radius 2 is 2.13 bits per heavy atom. The molecule has 1 heterocycles. The molecule has 2 aromatic rings. The van der Waals surface area contributed by atoms with Crippen LogP contribution in [0.3, 0.4) is 0 Å². The van der Waals surface area contributed by atoms with Crippen molar-refractivity contribution in [3.05, 3.63) is 46.5 Å². The lowest BCUT2D eigenvalue weighted by Gasteiger charge is -2.24. The fourth-order valence-electron chi connectivity index (χ4n) is 2.49. The fourth-order valence-corrected chi connectivity index (χ4v) is 2.76. The van der Waals surface area contributed by atoms with Gasteiger partial charge in [-0.05, 0) is 37.5 Å². The highest BCUT2D eigenvalue weighted by atomic mass is 79.9. The van der Waals surface area contributed by atoms with Crippen LogP contribution in [-0.4, -0.2) is 27.2 Å². The zero-order valence-corrected chi connectivity index (χ0v) is 14.6. The van der Waals surface area contributed by atoms with Crippen molar-refractivity contribution in [1.29, 1.82) is 0 Å². The molecule has 0 spiro atoms. The van der Waals surface area contributed by atoms with Gasteiger partial charge in [0, 0.05) is 23.5 Å². The van der Waals surface area contributed by atoms with Gasteiger partial charge in [-0.15, -0.1) is 10.2 Å². The Kier molecular flexibility index (Phi) is 4.50. The minimum Gasteiger partial charge on any atom is -0.352 e. The molecule has 23 heavy (non-hydrogen) atoms. The number of nitrogens with two attached hydrogens (primary N) is 1. The Balaban J connectivity index is 1.57. The Labute approximate surface area is 143 Å². The molecule has 1 saturated carbocycles. The van der Waals surface area contributed by atoms with E-state index in [0.29, 0.717) is 19.0 Å². The standard InChI is InChI=1S/C16H20BrN5O/c1-16(18,12-4-6-13(17)7-5-12)15(23)19-8-9-22-10-20-21-14(22)11-2-3-11/h4-7,10-11H,2-3,8-9,18H2,1H3,(H,19,23). The summed E-state index contributed by atoms with van der Waals surface area (Å²) in [6, 6.07) is 7.48. The molecule has 1 amide bonds. The lowest BCUT2D eigenvalue weighted by molar-refractivity contribution is -0.126. The number of nitrogens with one attached hydrogen (secondary N) is 1. The molecule has 7 heteroatoms. The van der Waals surface area contributed by atoms with Gasteiger partial charge in [-0.1, -0.05) is 28.1 Å². The van der Waals surface area contributed by atoms with Crippen molar-refractivity contribution >= 4 is 21.8 Å². The number of halogens is 1. The third-order valence-corrected chi connectivity index (χ3v) is 4.67. The number of amides is 1. The number of carbonyl (C=O) groups is 1. The van der Waals surface area contributed by atoms with Gasteiger partial charge in [-0.25, -0.2) is 0 Å². The van der Waals surface area contributed by atoms with Gasteiger partial charge in [0.15, 0.2) is 0 Å². The molecular weight excluding hydrogens is 358 g/mol. The molecule has 122 valence electrons. The van der Waals surface area contributed by atoms with E-state index in [2.05, 4.69) is 31.4 Å². The normalized spacial score (nSPS) is 16.8. The number of rotatable bonds is 6. The van der Waals surface area contributed by atoms with E-state index in [0.717, 1.165) is 15.9 Å². The highest BCUT2D eigenvalue weighted by Crippen LogP contribution is 2.38. The topological polar surface area (TPSA) is 85.8 Å². The summed E-state index contributed by atoms with van der Waals surface area (Å²) in [7, 11) is 0. The Hall–Kier alpha value is -1.73. The van der Waals surface area contributed by atoms with Crippen LogP contribution in [0.25, 0.3) is 0 Å². The SMILES string of the molecule is CC(N)(C(=O)NCCn1cnnc1C1CC1)c1ccc(Br)cc1. The van der Waals surface area contributed by atoms with E-state index < -0.39 is 5.54 Å². The lowest BCUT2D eigenvalue weighted by Crippen LogP contribution is -2.49. The van der Waals surface area contributed by atoms with Crippen LogP contribution < -0.4 is 11.1 Å². The van der Waals surface area contributed by atoms with Gasteiger partial charge in [-0.2, -0.15) is 0 Å². The van der Waals surface area contributed by atoms with Gasteiger partial charge in [0.2, 0.25) is 5.91 Å². The van der Waals surface area contributed by atoms with E-state index in [9.17, 15) is 4.79 Å². The molecule has 1 aromatic carbocycles. The molecule has 0 radical (unpaired) electrons. The van der Waals surface area contributed by atoms with E-state index >= 15 is 0 Å². The van der Waals surface area contributed by atoms with Gasteiger partial charge in [-0.3, -0.25) is 4.79 Å². The first-order chi connectivity index (χ1) is 11.0. The van der Waals surface area contributed by atoms with Crippen LogP contribution in [-0.2, 0) is 16.9 Å². The van der Waals surface area contributed by atoms with Crippen molar-refractivity contribution in [1.82, 2.24) is 20.1 Å². The van der Waals surface area contributed by atoms with Crippen LogP contribution in [0.5, 0.6) is 0 Å². The van der Waals surface area contributed by atoms with E-state index in [-0.39, 0.29) is 5.91 Å². The second-order valence-corrected chi connectivity index (χ2v) is 7.04. The molecule has 1 aliphatic carbocycles. The summed E-state index contributed by atoms with van der Waals surface area (Å²) in [5.41, 5.74) is 5.94. The summed E-state index contributed by atoms with van der Waals surface area (Å²) in [4.78, 5) is 12.4. The number of aromatic nitrogens is 3. The fraction of sp³-hybridized carbons (Fsp3) is 0.438. The van der Waals surface area contributed by atoms with Crippen LogP contribution in [0, 0.1) is 0 Å². The van der Waals surface area contributed by atoms with Crippen molar-refractivity contribution in [3.63, 3.8) is 0 Å². The summed E-state index contributed by atoms with van der Waals surface area (Å²) >= 11 is 3.38. The largest absolute Gasteiger partial charge is 0.352 e. The molecule has 1 fully saturated rings. The maximum atomic E-state index is 12.4. The predicted molar refractivity (Wildman–Crippen MR) is 90.7 cm³/mol. The highest BCUT2D eigenvalue weighted by Gasteiger charge is 2.31. The maximum Gasteiger partial charge on any atom is 0.244 e. The summed E-state index contributed by atoms with van der Waals surface area (Å²) in [5, 5.41) is 11.0. The Bertz CT molecular complexity index is 691. The Morgan fingerprint density at radius 1 is 1.43 bits per heavy atom. The molecular formula is C16H20BrN5O. The van der Waals surface area contributed by atoms with Crippen molar-refractivity contribution in [2.24, 2.45) is 5.73 Å². The van der Waals surface area contributed by atoms with Gasteiger partial charge in [0.1, 0.15) is 17.7 Å². The zero-order valence-electron chi connectivity index (χ0n) is 13.0. The summed E-state index contributed by atoms with van der Waals surface area (Å²) < 4.78 is 2.96. The minimum atomic E-state index is -1.06. The van der Waals surface area contributed by atoms with Crippen molar-refractivity contribution in [2.45, 2.75) is 37.8 Å². The molecule has 1 atom stereocenters. The third-order valence-electron chi connectivity index (χ3n) is 4.14. The molecule has 0 aliphatic heterocycles. The number of benzene rings is 1. The first kappa shape index (κ1) is 16.1. The molecule has 3 N–H and O–H groups in total. The zero-order chi connectivity index (χ0) is 16.4. The van der Waals surface area contributed by atoms with E-state index in [4.69, 9.17) is 5.73 Å². The number of hydrogen-bond donors (Lipinski definition) is 2. The predicted octanol–water partition coefficient (Wildman–Crippen LogP) is 1.91. The van der Waals surface area contributed by atoms with Crippen LogP contribution >= 0.6 is 15.9 Å². The minimum absolute atomic E-state index is 0.194. The number of carbonyl (C=O) groups excluding carboxylic acids is 1. The Morgan fingerprint density at radius 3 is 2.78 bits per heavy atom. The van der Waals surface area contributed by atoms with Crippen LogP contribution in [0.2, 0.25) is 0 Å². The first-order valence-corrected chi connectivity index (χ1v) is 8.48. The third kappa shape index (κ3) is 3.61. The molecule has 1 aromatic heterocycles. The van der Waals surface area contributed by atoms with Crippen molar-refractivity contribution < 1.29 is 4.79 Å². The van der Waals surface area contributed by atoms with E-state index in [1.54, 1.807) is 13.3 Å². The average molecular weight is 378 g/mol. The summed E-state index contributed by atoms with van der Waals surface area (Å²) in [6.07, 6.45) is 4.07. The molecule has 6 nitrogen and oxygen atoms in total. The smallest absolute Gasteiger partial charge is 0.244 e. The second-order valence-electron chi connectivity index (χ2n) is 6.12. The van der Waals surface area contributed by atoms with Gasteiger partial charge >= 0.3 is 0 Å². The van der Waals surface area contributed by atoms with Gasteiger partial charge in [0.05, 0.1) is 0 Å². The molecule has 1 aliphatic rings. The van der Waals surface area contributed by atoms with Crippen LogP contribution in [0.1, 0.15) is 37.1 Å². The van der Waals surface area contributed by atoms with Crippen LogP contribution in [0.4, 0.5) is 0 Å². The quantitative estimate of drug-likeness (QED) is 0.804. The van der Waals surface area contributed by atoms with Crippen LogP contribution in [0.15, 0.2) is 35.1 Å². The average Bonchev–Trinajstić information content (AvgIpc) is 3.27. The number of nitrogens with zero attached hydrogens (tertiary/aromatic N) is 3. The van der Waals surface area contributed by atoms with Gasteiger partial charge in [0.25, 0.3) is 0 Å². The van der Waals surface area contributed by atoms with E-state index in [1.165, 1.54) is 12.8 Å². The molecule has 0 saturated heterocycles. The second kappa shape index (κ2) is 6.41. The highest BCUT2D eigenvalue weighted by molar-refractivity contribution is 9.10. The first-order valence-electron chi connectivity index (χ1n) is 7.69. The number of hydrogen-bond acceptors (Lipinski definition) is 4. The summed E-state index contributed by atoms with van der Waals surface area (Å²) in [5.74, 6) is 1.36. The van der Waals surface area contributed by atoms with Crippen molar-refractivity contribution in [2.75, 3.05) is 6.54 Å².